The van der Waals surface area contributed by atoms with Crippen molar-refractivity contribution in [3.8, 4) is 0 Å². The van der Waals surface area contributed by atoms with Crippen LogP contribution in [0, 0.1) is 11.3 Å². The van der Waals surface area contributed by atoms with Crippen LogP contribution < -0.4 is 11.5 Å². The predicted molar refractivity (Wildman–Crippen MR) is 56.7 cm³/mol. The first kappa shape index (κ1) is 13.2. The molecule has 4 heteroatoms. The van der Waals surface area contributed by atoms with Crippen LogP contribution >= 0.6 is 0 Å². The van der Waals surface area contributed by atoms with Gasteiger partial charge in [-0.05, 0) is 17.8 Å². The molecule has 0 aliphatic carbocycles. The Morgan fingerprint density at radius 2 is 1.93 bits per heavy atom. The Morgan fingerprint density at radius 3 is 2.29 bits per heavy atom. The highest BCUT2D eigenvalue weighted by molar-refractivity contribution is 5.64. The van der Waals surface area contributed by atoms with Gasteiger partial charge in [-0.15, -0.1) is 0 Å². The molecule has 0 saturated carbocycles. The van der Waals surface area contributed by atoms with Gasteiger partial charge in [0.2, 0.25) is 0 Å². The largest absolute Gasteiger partial charge is 0.448 e. The molecule has 84 valence electrons. The summed E-state index contributed by atoms with van der Waals surface area (Å²) in [5.74, 6) is 0.314. The molecule has 0 aliphatic rings. The first-order valence-corrected chi connectivity index (χ1v) is 4.90. The van der Waals surface area contributed by atoms with Crippen molar-refractivity contribution in [1.82, 2.24) is 0 Å². The first-order valence-electron chi connectivity index (χ1n) is 4.90. The minimum absolute atomic E-state index is 0.137. The van der Waals surface area contributed by atoms with Crippen LogP contribution in [-0.4, -0.2) is 18.7 Å². The lowest BCUT2D eigenvalue weighted by molar-refractivity contribution is 0.134. The maximum absolute atomic E-state index is 10.4. The minimum Gasteiger partial charge on any atom is -0.448 e. The number of amides is 1. The van der Waals surface area contributed by atoms with E-state index in [0.29, 0.717) is 5.92 Å². The van der Waals surface area contributed by atoms with Crippen molar-refractivity contribution in [2.75, 3.05) is 6.61 Å². The van der Waals surface area contributed by atoms with Gasteiger partial charge in [-0.2, -0.15) is 0 Å². The number of nitrogens with two attached hydrogens (primary N) is 2. The molecule has 4 N–H and O–H groups in total. The molecule has 4 nitrogen and oxygen atoms in total. The van der Waals surface area contributed by atoms with E-state index in [9.17, 15) is 4.79 Å². The standard InChI is InChI=1S/C10H22N2O2/c1-7(5-10(2,3)4)8(11)6-14-9(12)13/h7-8H,5-6,11H2,1-4H3,(H2,12,13). The summed E-state index contributed by atoms with van der Waals surface area (Å²) in [5, 5.41) is 0. The van der Waals surface area contributed by atoms with Crippen LogP contribution in [0.3, 0.4) is 0 Å². The third-order valence-electron chi connectivity index (χ3n) is 2.08. The Kier molecular flexibility index (Phi) is 4.91. The molecule has 2 atom stereocenters. The van der Waals surface area contributed by atoms with Gasteiger partial charge < -0.3 is 16.2 Å². The number of hydrogen-bond acceptors (Lipinski definition) is 3. The van der Waals surface area contributed by atoms with E-state index >= 15 is 0 Å². The second kappa shape index (κ2) is 5.20. The van der Waals surface area contributed by atoms with Crippen molar-refractivity contribution in [2.45, 2.75) is 40.2 Å². The number of carbonyl (C=O) groups is 1. The zero-order valence-corrected chi connectivity index (χ0v) is 9.54. The smallest absolute Gasteiger partial charge is 0.404 e. The summed E-state index contributed by atoms with van der Waals surface area (Å²) in [6.45, 7) is 8.73. The molecule has 0 aromatic carbocycles. The molecular weight excluding hydrogens is 180 g/mol. The molecule has 0 radical (unpaired) electrons. The van der Waals surface area contributed by atoms with Gasteiger partial charge in [0.15, 0.2) is 0 Å². The molecule has 14 heavy (non-hydrogen) atoms. The molecule has 1 amide bonds. The van der Waals surface area contributed by atoms with Crippen molar-refractivity contribution in [2.24, 2.45) is 22.8 Å². The second-order valence-electron chi connectivity index (χ2n) is 5.04. The van der Waals surface area contributed by atoms with Crippen molar-refractivity contribution in [1.29, 1.82) is 0 Å². The molecule has 0 aromatic heterocycles. The monoisotopic (exact) mass is 202 g/mol. The lowest BCUT2D eigenvalue weighted by Gasteiger charge is -2.27. The maximum atomic E-state index is 10.4. The van der Waals surface area contributed by atoms with E-state index in [-0.39, 0.29) is 18.1 Å². The molecule has 0 aromatic rings. The topological polar surface area (TPSA) is 78.3 Å². The number of carbonyl (C=O) groups excluding carboxylic acids is 1. The van der Waals surface area contributed by atoms with Crippen LogP contribution in [0.5, 0.6) is 0 Å². The second-order valence-corrected chi connectivity index (χ2v) is 5.04. The van der Waals surface area contributed by atoms with Crippen molar-refractivity contribution >= 4 is 6.09 Å². The molecule has 0 heterocycles. The lowest BCUT2D eigenvalue weighted by Crippen LogP contribution is -2.36. The van der Waals surface area contributed by atoms with E-state index in [2.05, 4.69) is 32.4 Å². The summed E-state index contributed by atoms with van der Waals surface area (Å²) < 4.78 is 4.65. The number of primary amides is 1. The van der Waals surface area contributed by atoms with Gasteiger partial charge in [-0.3, -0.25) is 0 Å². The van der Waals surface area contributed by atoms with E-state index < -0.39 is 6.09 Å². The molecule has 0 bridgehead atoms. The summed E-state index contributed by atoms with van der Waals surface area (Å²) in [7, 11) is 0. The van der Waals surface area contributed by atoms with E-state index in [1.165, 1.54) is 0 Å². The quantitative estimate of drug-likeness (QED) is 0.724. The van der Waals surface area contributed by atoms with Crippen LogP contribution in [0.25, 0.3) is 0 Å². The fourth-order valence-corrected chi connectivity index (χ4v) is 1.46. The van der Waals surface area contributed by atoms with Gasteiger partial charge in [0.1, 0.15) is 6.61 Å². The van der Waals surface area contributed by atoms with Crippen LogP contribution in [-0.2, 0) is 4.74 Å². The van der Waals surface area contributed by atoms with Crippen LogP contribution in [0.15, 0.2) is 0 Å². The van der Waals surface area contributed by atoms with E-state index in [0.717, 1.165) is 6.42 Å². The summed E-state index contributed by atoms with van der Waals surface area (Å²) >= 11 is 0. The third-order valence-corrected chi connectivity index (χ3v) is 2.08. The highest BCUT2D eigenvalue weighted by Crippen LogP contribution is 2.25. The van der Waals surface area contributed by atoms with Gasteiger partial charge >= 0.3 is 6.09 Å². The summed E-state index contributed by atoms with van der Waals surface area (Å²) in [6, 6.07) is -0.137. The van der Waals surface area contributed by atoms with Gasteiger partial charge in [-0.1, -0.05) is 27.7 Å². The Labute approximate surface area is 86.0 Å². The SMILES string of the molecule is CC(CC(C)(C)C)C(N)COC(N)=O. The highest BCUT2D eigenvalue weighted by atomic mass is 16.5. The fraction of sp³-hybridized carbons (Fsp3) is 0.900. The number of ether oxygens (including phenoxy) is 1. The molecule has 0 rings (SSSR count). The van der Waals surface area contributed by atoms with Crippen LogP contribution in [0.4, 0.5) is 4.79 Å². The predicted octanol–water partition coefficient (Wildman–Crippen LogP) is 1.48. The van der Waals surface area contributed by atoms with Gasteiger partial charge in [0, 0.05) is 6.04 Å². The van der Waals surface area contributed by atoms with Gasteiger partial charge in [-0.25, -0.2) is 4.79 Å². The summed E-state index contributed by atoms with van der Waals surface area (Å²) in [5.41, 5.74) is 10.9. The average molecular weight is 202 g/mol. The first-order chi connectivity index (χ1) is 6.22. The summed E-state index contributed by atoms with van der Waals surface area (Å²) in [4.78, 5) is 10.4. The van der Waals surface area contributed by atoms with Crippen LogP contribution in [0.2, 0.25) is 0 Å². The Bertz CT molecular complexity index is 187. The number of hydrogen-bond donors (Lipinski definition) is 2. The maximum Gasteiger partial charge on any atom is 0.404 e. The van der Waals surface area contributed by atoms with E-state index in [1.807, 2.05) is 0 Å². The van der Waals surface area contributed by atoms with E-state index in [4.69, 9.17) is 11.5 Å². The van der Waals surface area contributed by atoms with E-state index in [1.54, 1.807) is 0 Å². The van der Waals surface area contributed by atoms with Crippen molar-refractivity contribution < 1.29 is 9.53 Å². The lowest BCUT2D eigenvalue weighted by atomic mass is 9.83. The molecule has 0 fully saturated rings. The normalized spacial score (nSPS) is 16.1. The highest BCUT2D eigenvalue weighted by Gasteiger charge is 2.20. The van der Waals surface area contributed by atoms with Gasteiger partial charge in [0.25, 0.3) is 0 Å². The molecular formula is C10H22N2O2. The van der Waals surface area contributed by atoms with Crippen molar-refractivity contribution in [3.63, 3.8) is 0 Å². The zero-order chi connectivity index (χ0) is 11.4. The fourth-order valence-electron chi connectivity index (χ4n) is 1.46. The Balaban J connectivity index is 3.87. The minimum atomic E-state index is -0.761. The zero-order valence-electron chi connectivity index (χ0n) is 9.54. The Morgan fingerprint density at radius 1 is 1.43 bits per heavy atom. The average Bonchev–Trinajstić information content (AvgIpc) is 1.96. The third kappa shape index (κ3) is 6.71. The van der Waals surface area contributed by atoms with Gasteiger partial charge in [0.05, 0.1) is 0 Å². The molecule has 0 spiro atoms. The van der Waals surface area contributed by atoms with Crippen LogP contribution in [0.1, 0.15) is 34.1 Å². The molecule has 2 unspecified atom stereocenters. The summed E-state index contributed by atoms with van der Waals surface area (Å²) in [6.07, 6.45) is 0.236. The number of rotatable bonds is 4. The molecule has 0 saturated heterocycles. The Hall–Kier alpha value is -0.770. The van der Waals surface area contributed by atoms with Crippen molar-refractivity contribution in [3.05, 3.63) is 0 Å². The molecule has 0 aliphatic heterocycles.